The summed E-state index contributed by atoms with van der Waals surface area (Å²) in [6.45, 7) is 1.24. The summed E-state index contributed by atoms with van der Waals surface area (Å²) in [5.41, 5.74) is 0.618. The van der Waals surface area contributed by atoms with Crippen LogP contribution in [0.2, 0.25) is 0 Å². The Balaban J connectivity index is 2.68. The van der Waals surface area contributed by atoms with E-state index >= 15 is 0 Å². The molecule has 0 radical (unpaired) electrons. The van der Waals surface area contributed by atoms with Crippen molar-refractivity contribution in [2.24, 2.45) is 0 Å². The number of nitrogens with zero attached hydrogens (tertiary/aromatic N) is 1. The van der Waals surface area contributed by atoms with Crippen molar-refractivity contribution >= 4 is 11.8 Å². The van der Waals surface area contributed by atoms with Gasteiger partial charge in [-0.3, -0.25) is 0 Å². The zero-order chi connectivity index (χ0) is 11.8. The molecule has 3 nitrogen and oxygen atoms in total. The molecule has 0 aliphatic heterocycles. The first-order chi connectivity index (χ1) is 7.83. The quantitative estimate of drug-likeness (QED) is 0.563. The van der Waals surface area contributed by atoms with Crippen LogP contribution in [0.25, 0.3) is 0 Å². The third-order valence-electron chi connectivity index (χ3n) is 2.07. The summed E-state index contributed by atoms with van der Waals surface area (Å²) < 4.78 is 10.5. The van der Waals surface area contributed by atoms with Crippen LogP contribution >= 0.6 is 11.8 Å². The predicted octanol–water partition coefficient (Wildman–Crippen LogP) is 2.70. The normalized spacial score (nSPS) is 9.81. The van der Waals surface area contributed by atoms with Gasteiger partial charge in [-0.1, -0.05) is 6.07 Å². The average molecular weight is 237 g/mol. The van der Waals surface area contributed by atoms with Crippen LogP contribution in [-0.4, -0.2) is 26.6 Å². The van der Waals surface area contributed by atoms with Gasteiger partial charge in [-0.2, -0.15) is 5.26 Å². The van der Waals surface area contributed by atoms with E-state index in [1.807, 2.05) is 24.5 Å². The number of hydrogen-bond donors (Lipinski definition) is 0. The fraction of sp³-hybridized carbons (Fsp3) is 0.417. The van der Waals surface area contributed by atoms with Gasteiger partial charge < -0.3 is 9.47 Å². The van der Waals surface area contributed by atoms with Gasteiger partial charge >= 0.3 is 0 Å². The van der Waals surface area contributed by atoms with E-state index in [2.05, 4.69) is 6.07 Å². The van der Waals surface area contributed by atoms with Crippen LogP contribution in [0.15, 0.2) is 23.1 Å². The molecule has 0 N–H and O–H groups in total. The molecule has 0 saturated heterocycles. The van der Waals surface area contributed by atoms with Crippen LogP contribution in [0.3, 0.4) is 0 Å². The van der Waals surface area contributed by atoms with Gasteiger partial charge in [-0.25, -0.2) is 0 Å². The number of nitriles is 1. The molecule has 0 bridgehead atoms. The standard InChI is InChI=1S/C12H15NO2S/c1-14-7-4-8-15-11-5-3-6-12(16-2)10(11)9-13/h3,5-6H,4,7-8H2,1-2H3. The van der Waals surface area contributed by atoms with Gasteiger partial charge in [-0.15, -0.1) is 11.8 Å². The molecule has 86 valence electrons. The Labute approximate surface area is 100 Å². The highest BCUT2D eigenvalue weighted by molar-refractivity contribution is 7.98. The Morgan fingerprint density at radius 1 is 1.38 bits per heavy atom. The van der Waals surface area contributed by atoms with Crippen molar-refractivity contribution in [3.8, 4) is 11.8 Å². The third kappa shape index (κ3) is 3.44. The zero-order valence-electron chi connectivity index (χ0n) is 9.53. The number of thioether (sulfide) groups is 1. The van der Waals surface area contributed by atoms with Crippen molar-refractivity contribution in [1.29, 1.82) is 5.26 Å². The van der Waals surface area contributed by atoms with E-state index in [1.165, 1.54) is 0 Å². The maximum absolute atomic E-state index is 9.07. The van der Waals surface area contributed by atoms with Gasteiger partial charge in [0, 0.05) is 25.0 Å². The van der Waals surface area contributed by atoms with E-state index < -0.39 is 0 Å². The van der Waals surface area contributed by atoms with Crippen molar-refractivity contribution in [3.63, 3.8) is 0 Å². The number of methoxy groups -OCH3 is 1. The molecule has 0 heterocycles. The summed E-state index contributed by atoms with van der Waals surface area (Å²) in [5, 5.41) is 9.07. The molecule has 0 amide bonds. The highest BCUT2D eigenvalue weighted by Gasteiger charge is 2.07. The lowest BCUT2D eigenvalue weighted by atomic mass is 10.2. The number of benzene rings is 1. The second-order valence-corrected chi connectivity index (χ2v) is 3.99. The van der Waals surface area contributed by atoms with Crippen molar-refractivity contribution in [1.82, 2.24) is 0 Å². The first-order valence-corrected chi connectivity index (χ1v) is 6.24. The molecule has 0 saturated carbocycles. The summed E-state index contributed by atoms with van der Waals surface area (Å²) in [6.07, 6.45) is 2.77. The summed E-state index contributed by atoms with van der Waals surface area (Å²) >= 11 is 1.55. The molecule has 1 aromatic carbocycles. The Bertz CT molecular complexity index is 374. The number of hydrogen-bond acceptors (Lipinski definition) is 4. The molecule has 0 aliphatic carbocycles. The van der Waals surface area contributed by atoms with E-state index in [0.717, 1.165) is 11.3 Å². The Kier molecular flexibility index (Phi) is 5.76. The molecular weight excluding hydrogens is 222 g/mol. The van der Waals surface area contributed by atoms with Gasteiger partial charge in [0.05, 0.1) is 6.61 Å². The van der Waals surface area contributed by atoms with E-state index in [0.29, 0.717) is 24.5 Å². The van der Waals surface area contributed by atoms with Crippen molar-refractivity contribution in [2.75, 3.05) is 26.6 Å². The molecule has 0 aromatic heterocycles. The highest BCUT2D eigenvalue weighted by Crippen LogP contribution is 2.27. The van der Waals surface area contributed by atoms with Crippen molar-refractivity contribution in [2.45, 2.75) is 11.3 Å². The molecule has 0 fully saturated rings. The SMILES string of the molecule is COCCCOc1cccc(SC)c1C#N. The van der Waals surface area contributed by atoms with E-state index in [-0.39, 0.29) is 0 Å². The predicted molar refractivity (Wildman–Crippen MR) is 64.9 cm³/mol. The third-order valence-corrected chi connectivity index (χ3v) is 2.85. The lowest BCUT2D eigenvalue weighted by Gasteiger charge is -2.09. The minimum absolute atomic E-state index is 0.570. The molecule has 4 heteroatoms. The van der Waals surface area contributed by atoms with Gasteiger partial charge in [0.2, 0.25) is 0 Å². The lowest BCUT2D eigenvalue weighted by Crippen LogP contribution is -2.02. The summed E-state index contributed by atoms with van der Waals surface area (Å²) in [6, 6.07) is 7.83. The zero-order valence-corrected chi connectivity index (χ0v) is 10.3. The minimum Gasteiger partial charge on any atom is -0.492 e. The van der Waals surface area contributed by atoms with E-state index in [1.54, 1.807) is 18.9 Å². The summed E-state index contributed by atoms with van der Waals surface area (Å²) in [5.74, 6) is 0.658. The first kappa shape index (κ1) is 12.9. The van der Waals surface area contributed by atoms with Gasteiger partial charge in [0.1, 0.15) is 17.4 Å². The summed E-state index contributed by atoms with van der Waals surface area (Å²) in [7, 11) is 1.66. The van der Waals surface area contributed by atoms with Crippen LogP contribution in [0.1, 0.15) is 12.0 Å². The van der Waals surface area contributed by atoms with Gasteiger partial charge in [-0.05, 0) is 18.4 Å². The number of rotatable bonds is 6. The minimum atomic E-state index is 0.570. The fourth-order valence-electron chi connectivity index (χ4n) is 1.30. The second kappa shape index (κ2) is 7.15. The van der Waals surface area contributed by atoms with Crippen LogP contribution in [0, 0.1) is 11.3 Å². The Morgan fingerprint density at radius 3 is 2.81 bits per heavy atom. The molecule has 0 unspecified atom stereocenters. The topological polar surface area (TPSA) is 42.2 Å². The maximum atomic E-state index is 9.07. The first-order valence-electron chi connectivity index (χ1n) is 5.02. The Hall–Kier alpha value is -1.18. The largest absolute Gasteiger partial charge is 0.492 e. The van der Waals surface area contributed by atoms with Crippen LogP contribution in [0.5, 0.6) is 5.75 Å². The smallest absolute Gasteiger partial charge is 0.138 e. The molecule has 16 heavy (non-hydrogen) atoms. The molecule has 0 atom stereocenters. The maximum Gasteiger partial charge on any atom is 0.138 e. The van der Waals surface area contributed by atoms with Gasteiger partial charge in [0.15, 0.2) is 0 Å². The highest BCUT2D eigenvalue weighted by atomic mass is 32.2. The second-order valence-electron chi connectivity index (χ2n) is 3.14. The van der Waals surface area contributed by atoms with Crippen molar-refractivity contribution in [3.05, 3.63) is 23.8 Å². The van der Waals surface area contributed by atoms with E-state index in [9.17, 15) is 0 Å². The van der Waals surface area contributed by atoms with Gasteiger partial charge in [0.25, 0.3) is 0 Å². The summed E-state index contributed by atoms with van der Waals surface area (Å²) in [4.78, 5) is 0.951. The lowest BCUT2D eigenvalue weighted by molar-refractivity contribution is 0.172. The Morgan fingerprint density at radius 2 is 2.19 bits per heavy atom. The monoisotopic (exact) mass is 237 g/mol. The molecule has 1 rings (SSSR count). The van der Waals surface area contributed by atoms with Crippen LogP contribution in [0.4, 0.5) is 0 Å². The number of ether oxygens (including phenoxy) is 2. The van der Waals surface area contributed by atoms with Crippen LogP contribution in [-0.2, 0) is 4.74 Å². The fourth-order valence-corrected chi connectivity index (χ4v) is 1.86. The van der Waals surface area contributed by atoms with E-state index in [4.69, 9.17) is 14.7 Å². The molecule has 0 aliphatic rings. The average Bonchev–Trinajstić information content (AvgIpc) is 2.34. The van der Waals surface area contributed by atoms with Crippen molar-refractivity contribution < 1.29 is 9.47 Å². The molecular formula is C12H15NO2S. The molecule has 0 spiro atoms. The van der Waals surface area contributed by atoms with Crippen LogP contribution < -0.4 is 4.74 Å². The molecule has 1 aromatic rings.